The number of hydrogen-bond donors (Lipinski definition) is 1. The minimum atomic E-state index is -0.123. The number of aliphatic hydroxyl groups excluding tert-OH is 1. The van der Waals surface area contributed by atoms with Crippen LogP contribution in [0.3, 0.4) is 0 Å². The molecule has 0 aromatic heterocycles. The Morgan fingerprint density at radius 2 is 1.96 bits per heavy atom. The van der Waals surface area contributed by atoms with E-state index >= 15 is 0 Å². The van der Waals surface area contributed by atoms with Crippen molar-refractivity contribution in [1.29, 1.82) is 0 Å². The predicted molar refractivity (Wildman–Crippen MR) is 91.6 cm³/mol. The van der Waals surface area contributed by atoms with Crippen LogP contribution < -0.4 is 4.90 Å². The summed E-state index contributed by atoms with van der Waals surface area (Å²) in [6.45, 7) is 0.409. The fraction of sp³-hybridized carbons (Fsp3) is 0.222. The van der Waals surface area contributed by atoms with E-state index in [0.717, 1.165) is 4.47 Å². The summed E-state index contributed by atoms with van der Waals surface area (Å²) >= 11 is 3.39. The van der Waals surface area contributed by atoms with E-state index in [0.29, 0.717) is 29.8 Å². The number of carbonyl (C=O) groups excluding carboxylic acids is 2. The summed E-state index contributed by atoms with van der Waals surface area (Å²) in [6, 6.07) is 14.3. The van der Waals surface area contributed by atoms with Crippen molar-refractivity contribution in [3.8, 4) is 0 Å². The Bertz CT molecular complexity index is 745. The summed E-state index contributed by atoms with van der Waals surface area (Å²) in [7, 11) is 0. The highest BCUT2D eigenvalue weighted by Crippen LogP contribution is 2.31. The minimum Gasteiger partial charge on any atom is -0.396 e. The molecule has 4 nitrogen and oxygen atoms in total. The molecule has 0 saturated carbocycles. The molecule has 118 valence electrons. The number of aliphatic hydroxyl groups is 1. The molecule has 5 heteroatoms. The van der Waals surface area contributed by atoms with Crippen LogP contribution in [0.2, 0.25) is 0 Å². The number of nitrogens with zero attached hydrogens (tertiary/aromatic N) is 1. The normalized spacial score (nSPS) is 17.6. The Kier molecular flexibility index (Phi) is 4.59. The third-order valence-electron chi connectivity index (χ3n) is 3.99. The summed E-state index contributed by atoms with van der Waals surface area (Å²) in [5.41, 5.74) is 1.66. The summed E-state index contributed by atoms with van der Waals surface area (Å²) < 4.78 is 0.783. The van der Waals surface area contributed by atoms with Crippen LogP contribution >= 0.6 is 15.9 Å². The van der Waals surface area contributed by atoms with E-state index in [1.54, 1.807) is 29.2 Å². The van der Waals surface area contributed by atoms with E-state index in [2.05, 4.69) is 15.9 Å². The Morgan fingerprint density at radius 1 is 1.22 bits per heavy atom. The fourth-order valence-electron chi connectivity index (χ4n) is 2.81. The Morgan fingerprint density at radius 3 is 2.61 bits per heavy atom. The van der Waals surface area contributed by atoms with Gasteiger partial charge in [0.1, 0.15) is 0 Å². The van der Waals surface area contributed by atoms with Gasteiger partial charge in [0.15, 0.2) is 5.78 Å². The van der Waals surface area contributed by atoms with Gasteiger partial charge in [0.25, 0.3) is 0 Å². The molecule has 1 fully saturated rings. The van der Waals surface area contributed by atoms with Gasteiger partial charge in [-0.25, -0.2) is 0 Å². The van der Waals surface area contributed by atoms with Crippen molar-refractivity contribution in [2.75, 3.05) is 18.1 Å². The standard InChI is InChI=1S/C18H16BrNO3/c19-14-6-7-16(20-10-12(11-21)8-17(20)22)15(9-14)18(23)13-4-2-1-3-5-13/h1-7,9,12,21H,8,10-11H2. The van der Waals surface area contributed by atoms with Gasteiger partial charge in [-0.3, -0.25) is 9.59 Å². The van der Waals surface area contributed by atoms with Crippen molar-refractivity contribution in [1.82, 2.24) is 0 Å². The summed E-state index contributed by atoms with van der Waals surface area (Å²) in [5, 5.41) is 9.30. The maximum Gasteiger partial charge on any atom is 0.227 e. The quantitative estimate of drug-likeness (QED) is 0.838. The van der Waals surface area contributed by atoms with Gasteiger partial charge in [-0.1, -0.05) is 46.3 Å². The minimum absolute atomic E-state index is 0.0271. The van der Waals surface area contributed by atoms with Crippen molar-refractivity contribution in [2.45, 2.75) is 6.42 Å². The van der Waals surface area contributed by atoms with E-state index < -0.39 is 0 Å². The summed E-state index contributed by atoms with van der Waals surface area (Å²) in [4.78, 5) is 26.7. The summed E-state index contributed by atoms with van der Waals surface area (Å²) in [5.74, 6) is -0.263. The zero-order valence-electron chi connectivity index (χ0n) is 12.4. The van der Waals surface area contributed by atoms with Crippen LogP contribution in [-0.4, -0.2) is 29.9 Å². The fourth-order valence-corrected chi connectivity index (χ4v) is 3.17. The van der Waals surface area contributed by atoms with Gasteiger partial charge in [-0.2, -0.15) is 0 Å². The molecular formula is C18H16BrNO3. The van der Waals surface area contributed by atoms with Crippen molar-refractivity contribution < 1.29 is 14.7 Å². The highest BCUT2D eigenvalue weighted by Gasteiger charge is 2.32. The molecule has 0 spiro atoms. The molecule has 2 aromatic carbocycles. The number of amides is 1. The van der Waals surface area contributed by atoms with Crippen molar-refractivity contribution >= 4 is 33.3 Å². The number of halogens is 1. The Hall–Kier alpha value is -1.98. The zero-order chi connectivity index (χ0) is 16.4. The maximum atomic E-state index is 12.8. The molecule has 1 heterocycles. The van der Waals surface area contributed by atoms with E-state index in [1.165, 1.54) is 0 Å². The Labute approximate surface area is 142 Å². The van der Waals surface area contributed by atoms with Crippen molar-refractivity contribution in [2.24, 2.45) is 5.92 Å². The molecule has 1 amide bonds. The van der Waals surface area contributed by atoms with Gasteiger partial charge in [-0.15, -0.1) is 0 Å². The first kappa shape index (κ1) is 15.9. The number of hydrogen-bond acceptors (Lipinski definition) is 3. The molecule has 23 heavy (non-hydrogen) atoms. The lowest BCUT2D eigenvalue weighted by Crippen LogP contribution is -2.27. The molecule has 1 saturated heterocycles. The first-order valence-corrected chi connectivity index (χ1v) is 8.20. The average molecular weight is 374 g/mol. The highest BCUT2D eigenvalue weighted by atomic mass is 79.9. The van der Waals surface area contributed by atoms with E-state index in [-0.39, 0.29) is 24.2 Å². The number of ketones is 1. The van der Waals surface area contributed by atoms with Crippen LogP contribution in [0, 0.1) is 5.92 Å². The molecule has 3 rings (SSSR count). The van der Waals surface area contributed by atoms with Crippen LogP contribution in [0.1, 0.15) is 22.3 Å². The van der Waals surface area contributed by atoms with Crippen LogP contribution in [0.15, 0.2) is 53.0 Å². The van der Waals surface area contributed by atoms with E-state index in [1.807, 2.05) is 24.3 Å². The topological polar surface area (TPSA) is 57.6 Å². The monoisotopic (exact) mass is 373 g/mol. The van der Waals surface area contributed by atoms with E-state index in [4.69, 9.17) is 0 Å². The number of benzene rings is 2. The summed E-state index contributed by atoms with van der Waals surface area (Å²) in [6.07, 6.45) is 0.311. The van der Waals surface area contributed by atoms with Gasteiger partial charge in [0.05, 0.1) is 5.69 Å². The second-order valence-electron chi connectivity index (χ2n) is 5.61. The molecule has 1 aliphatic rings. The third-order valence-corrected chi connectivity index (χ3v) is 4.49. The molecule has 0 aliphatic carbocycles. The molecule has 1 unspecified atom stereocenters. The molecule has 1 atom stereocenters. The predicted octanol–water partition coefficient (Wildman–Crippen LogP) is 3.03. The number of anilines is 1. The van der Waals surface area contributed by atoms with Crippen LogP contribution in [0.4, 0.5) is 5.69 Å². The number of rotatable bonds is 4. The largest absolute Gasteiger partial charge is 0.396 e. The molecule has 1 aliphatic heterocycles. The van der Waals surface area contributed by atoms with Crippen molar-refractivity contribution in [3.05, 3.63) is 64.1 Å². The maximum absolute atomic E-state index is 12.8. The van der Waals surface area contributed by atoms with Crippen LogP contribution in [0.5, 0.6) is 0 Å². The lowest BCUT2D eigenvalue weighted by Gasteiger charge is -2.20. The average Bonchev–Trinajstić information content (AvgIpc) is 2.96. The molecule has 2 aromatic rings. The zero-order valence-corrected chi connectivity index (χ0v) is 14.0. The van der Waals surface area contributed by atoms with Gasteiger partial charge in [0, 0.05) is 41.1 Å². The number of carbonyl (C=O) groups is 2. The van der Waals surface area contributed by atoms with Gasteiger partial charge in [-0.05, 0) is 18.2 Å². The van der Waals surface area contributed by atoms with Crippen LogP contribution in [-0.2, 0) is 4.79 Å². The molecular weight excluding hydrogens is 358 g/mol. The van der Waals surface area contributed by atoms with E-state index in [9.17, 15) is 14.7 Å². The van der Waals surface area contributed by atoms with Crippen molar-refractivity contribution in [3.63, 3.8) is 0 Å². The van der Waals surface area contributed by atoms with Gasteiger partial charge in [0.2, 0.25) is 5.91 Å². The lowest BCUT2D eigenvalue weighted by molar-refractivity contribution is -0.117. The first-order valence-electron chi connectivity index (χ1n) is 7.40. The Balaban J connectivity index is 2.02. The second-order valence-corrected chi connectivity index (χ2v) is 6.53. The first-order chi connectivity index (χ1) is 11.1. The SMILES string of the molecule is O=C(c1ccccc1)c1cc(Br)ccc1N1CC(CO)CC1=O. The molecule has 1 N–H and O–H groups in total. The smallest absolute Gasteiger partial charge is 0.227 e. The highest BCUT2D eigenvalue weighted by molar-refractivity contribution is 9.10. The second kappa shape index (κ2) is 6.64. The molecule has 0 bridgehead atoms. The third kappa shape index (κ3) is 3.21. The molecule has 0 radical (unpaired) electrons. The van der Waals surface area contributed by atoms with Gasteiger partial charge < -0.3 is 10.0 Å². The van der Waals surface area contributed by atoms with Gasteiger partial charge >= 0.3 is 0 Å². The lowest BCUT2D eigenvalue weighted by atomic mass is 10.0. The van der Waals surface area contributed by atoms with Crippen LogP contribution in [0.25, 0.3) is 0 Å².